The number of para-hydroxylation sites is 5. The molecule has 0 aliphatic heterocycles. The zero-order chi connectivity index (χ0) is 88.0. The van der Waals surface area contributed by atoms with E-state index in [0.29, 0.717) is 93.8 Å². The summed E-state index contributed by atoms with van der Waals surface area (Å²) in [5.74, 6) is -0.889. The van der Waals surface area contributed by atoms with Crippen molar-refractivity contribution in [3.8, 4) is 51.3 Å². The molecule has 20 aromatic rings. The maximum atomic E-state index is 14.4. The van der Waals surface area contributed by atoms with Crippen LogP contribution in [0.1, 0.15) is 16.7 Å². The number of ether oxygens (including phenoxy) is 1. The van der Waals surface area contributed by atoms with Gasteiger partial charge >= 0.3 is 18.5 Å². The molecule has 38 heteroatoms. The zero-order valence-corrected chi connectivity index (χ0v) is 66.1. The average molecular weight is 1780 g/mol. The minimum atomic E-state index is -4.58. The number of aromatic nitrogens is 16. The summed E-state index contributed by atoms with van der Waals surface area (Å²) in [6, 6.07) is 60.3. The van der Waals surface area contributed by atoms with Crippen LogP contribution in [0.4, 0.5) is 108 Å². The van der Waals surface area contributed by atoms with E-state index in [2.05, 4.69) is 102 Å². The molecule has 0 spiro atoms. The van der Waals surface area contributed by atoms with Crippen molar-refractivity contribution in [3.05, 3.63) is 303 Å². The lowest BCUT2D eigenvalue weighted by Gasteiger charge is -2.15. The average Bonchev–Trinajstić information content (AvgIpc) is 0.917. The lowest BCUT2D eigenvalue weighted by Crippen LogP contribution is -2.09. The van der Waals surface area contributed by atoms with E-state index >= 15 is 0 Å². The van der Waals surface area contributed by atoms with Crippen molar-refractivity contribution in [1.29, 1.82) is 0 Å². The molecule has 0 aliphatic rings. The molecule has 628 valence electrons. The van der Waals surface area contributed by atoms with Crippen LogP contribution in [-0.4, -0.2) is 87.8 Å². The minimum absolute atomic E-state index is 0.0154. The number of alkyl halides is 9. The second-order valence-corrected chi connectivity index (χ2v) is 28.8. The minimum Gasteiger partial charge on any atom is -0.494 e. The highest BCUT2D eigenvalue weighted by Gasteiger charge is 2.37. The molecule has 0 radical (unpaired) electrons. The number of halogens is 17. The molecule has 8 N–H and O–H groups in total. The van der Waals surface area contributed by atoms with Gasteiger partial charge in [-0.25, -0.2) is 61.8 Å². The van der Waals surface area contributed by atoms with Crippen LogP contribution in [0, 0.1) is 29.1 Å². The molecule has 0 saturated heterocycles. The maximum absolute atomic E-state index is 14.4. The standard InChI is InChI=1S/C23H16F3N5O.C22H11ClF5N5.C22H13F4N5.C21H11Cl2F2N5/c1-32-18-12-6-9-15-19(18)27-20(13-7-2-4-10-16(13)23(24,25)26)28-21(15)29-22-14-8-3-5-11-17(14)30-31-22;23-15-6-5-10(22(26,27)28)7-13(15)20-29-17-4-2-1-3-12(17)19(30-20)31-21-14-8-11(24)9-16(25)18(14)32-33-21;23-15-9-5-11-17-18(15)21(31-30-17)29-20-13-7-2-4-10-16(13)27-19(28-20)12-6-1-3-8-14(12)22(24,25)26;22-10-5-6-12(15(23)7-10)19-26-17-4-2-1-3-13(17)20(27-19)28-21-14-8-11(24)9-16(25)18(14)29-30-21/h2-12H,1H3,(H2,27,28,29,30,31);1-9H,(H2,29,30,31,32,33);1-11H,(H2,27,28,29,30,31);1-9H,(H2,26,27,28,29,30). The molecular formula is C88H51Cl3F14N20O. The van der Waals surface area contributed by atoms with Gasteiger partial charge in [0.05, 0.1) is 77.6 Å². The molecule has 8 heterocycles. The smallest absolute Gasteiger partial charge is 0.417 e. The summed E-state index contributed by atoms with van der Waals surface area (Å²) in [5, 5.41) is 44.0. The summed E-state index contributed by atoms with van der Waals surface area (Å²) >= 11 is 18.5. The molecule has 0 saturated carbocycles. The maximum Gasteiger partial charge on any atom is 0.417 e. The van der Waals surface area contributed by atoms with Crippen molar-refractivity contribution in [2.45, 2.75) is 18.5 Å². The third kappa shape index (κ3) is 17.0. The van der Waals surface area contributed by atoms with Crippen molar-refractivity contribution >= 4 is 169 Å². The number of nitrogens with one attached hydrogen (secondary N) is 8. The van der Waals surface area contributed by atoms with Crippen LogP contribution in [0.15, 0.2) is 243 Å². The van der Waals surface area contributed by atoms with Gasteiger partial charge in [-0.2, -0.15) is 59.9 Å². The first-order valence-corrected chi connectivity index (χ1v) is 38.3. The van der Waals surface area contributed by atoms with Gasteiger partial charge in [-0.3, -0.25) is 20.4 Å². The van der Waals surface area contributed by atoms with Gasteiger partial charge in [0.2, 0.25) is 0 Å². The summed E-state index contributed by atoms with van der Waals surface area (Å²) in [4.78, 5) is 35.5. The monoisotopic (exact) mass is 1770 g/mol. The Morgan fingerprint density at radius 3 is 1.25 bits per heavy atom. The van der Waals surface area contributed by atoms with E-state index in [1.807, 2.05) is 48.5 Å². The van der Waals surface area contributed by atoms with Crippen LogP contribution < -0.4 is 26.0 Å². The Morgan fingerprint density at radius 1 is 0.310 bits per heavy atom. The number of rotatable bonds is 13. The second kappa shape index (κ2) is 33.9. The Morgan fingerprint density at radius 2 is 0.730 bits per heavy atom. The van der Waals surface area contributed by atoms with Crippen molar-refractivity contribution in [2.24, 2.45) is 0 Å². The number of anilines is 8. The van der Waals surface area contributed by atoms with Crippen LogP contribution in [0.5, 0.6) is 5.75 Å². The normalized spacial score (nSPS) is 11.7. The van der Waals surface area contributed by atoms with Crippen molar-refractivity contribution in [3.63, 3.8) is 0 Å². The number of aromatic amines is 4. The molecule has 0 amide bonds. The van der Waals surface area contributed by atoms with Gasteiger partial charge in [0.15, 0.2) is 58.2 Å². The quantitative estimate of drug-likeness (QED) is 0.0498. The van der Waals surface area contributed by atoms with Crippen LogP contribution in [0.2, 0.25) is 15.1 Å². The number of nitrogens with zero attached hydrogens (tertiary/aromatic N) is 12. The Kier molecular flexibility index (Phi) is 22.3. The molecule has 0 unspecified atom stereocenters. The number of fused-ring (bicyclic) bond motifs is 8. The molecule has 20 rings (SSSR count). The Bertz CT molecular complexity index is 7620. The fourth-order valence-electron chi connectivity index (χ4n) is 13.7. The molecule has 8 aromatic heterocycles. The fourth-order valence-corrected chi connectivity index (χ4v) is 14.4. The molecular weight excluding hydrogens is 1730 g/mol. The topological polar surface area (TPSA) is 275 Å². The van der Waals surface area contributed by atoms with Crippen LogP contribution in [0.25, 0.3) is 133 Å². The molecule has 0 atom stereocenters. The Hall–Kier alpha value is -15.2. The van der Waals surface area contributed by atoms with Crippen LogP contribution in [-0.2, 0) is 18.5 Å². The van der Waals surface area contributed by atoms with Gasteiger partial charge in [0, 0.05) is 66.3 Å². The molecule has 21 nitrogen and oxygen atoms in total. The molecule has 126 heavy (non-hydrogen) atoms. The Balaban J connectivity index is 0.000000119. The molecule has 0 bridgehead atoms. The lowest BCUT2D eigenvalue weighted by molar-refractivity contribution is -0.138. The predicted molar refractivity (Wildman–Crippen MR) is 454 cm³/mol. The van der Waals surface area contributed by atoms with E-state index < -0.39 is 64.3 Å². The number of H-pyrrole nitrogens is 4. The summed E-state index contributed by atoms with van der Waals surface area (Å²) in [7, 11) is 1.48. The highest BCUT2D eigenvalue weighted by Crippen LogP contribution is 2.44. The molecule has 0 fully saturated rings. The number of hydrogen-bond donors (Lipinski definition) is 8. The zero-order valence-electron chi connectivity index (χ0n) is 63.8. The van der Waals surface area contributed by atoms with E-state index in [9.17, 15) is 61.5 Å². The van der Waals surface area contributed by atoms with Gasteiger partial charge in [-0.05, 0) is 133 Å². The number of hydrogen-bond acceptors (Lipinski definition) is 17. The number of methoxy groups -OCH3 is 1. The number of benzene rings is 12. The molecule has 12 aromatic carbocycles. The van der Waals surface area contributed by atoms with E-state index in [1.54, 1.807) is 97.1 Å². The first-order valence-electron chi connectivity index (χ1n) is 37.2. The first-order chi connectivity index (χ1) is 60.6. The van der Waals surface area contributed by atoms with Gasteiger partial charge in [0.1, 0.15) is 63.0 Å². The predicted octanol–water partition coefficient (Wildman–Crippen LogP) is 25.4. The first kappa shape index (κ1) is 83.1. The van der Waals surface area contributed by atoms with Crippen LogP contribution >= 0.6 is 34.8 Å². The van der Waals surface area contributed by atoms with E-state index in [0.717, 1.165) is 59.4 Å². The van der Waals surface area contributed by atoms with Crippen molar-refractivity contribution < 1.29 is 66.2 Å². The SMILES string of the molecule is COc1cccc2c(Nc3n[nH]c4ccccc34)nc(-c3ccccc3C(F)(F)F)nc12.Fc1cc(F)c2[nH]nc(Nc3nc(-c4cc(C(F)(F)F)ccc4Cl)nc4ccccc34)c2c1.Fc1cc(F)c2[nH]nc(Nc3nc(-c4ccc(Cl)cc4Cl)nc4ccccc34)c2c1.Fc1cccc2[nH]nc(Nc3nc(-c4ccccc4C(F)(F)F)nc4ccccc34)c12. The van der Waals surface area contributed by atoms with Gasteiger partial charge in [-0.15, -0.1) is 0 Å². The lowest BCUT2D eigenvalue weighted by atomic mass is 10.1. The van der Waals surface area contributed by atoms with Crippen LogP contribution in [0.3, 0.4) is 0 Å². The van der Waals surface area contributed by atoms with Gasteiger partial charge in [-0.1, -0.05) is 132 Å². The largest absolute Gasteiger partial charge is 0.494 e. The fraction of sp³-hybridized carbons (Fsp3) is 0.0455. The van der Waals surface area contributed by atoms with E-state index in [4.69, 9.17) is 39.5 Å². The molecule has 0 aliphatic carbocycles. The van der Waals surface area contributed by atoms with Gasteiger partial charge < -0.3 is 26.0 Å². The van der Waals surface area contributed by atoms with E-state index in [-0.39, 0.29) is 95.5 Å². The third-order valence-electron chi connectivity index (χ3n) is 19.5. The summed E-state index contributed by atoms with van der Waals surface area (Å²) < 4.78 is 197. The highest BCUT2D eigenvalue weighted by molar-refractivity contribution is 6.36. The van der Waals surface area contributed by atoms with Crippen molar-refractivity contribution in [2.75, 3.05) is 28.4 Å². The summed E-state index contributed by atoms with van der Waals surface area (Å²) in [5.41, 5.74) is 1.01. The van der Waals surface area contributed by atoms with Crippen molar-refractivity contribution in [1.82, 2.24) is 80.7 Å². The third-order valence-corrected chi connectivity index (χ3v) is 20.4. The second-order valence-electron chi connectivity index (χ2n) is 27.5. The van der Waals surface area contributed by atoms with E-state index in [1.165, 1.54) is 55.6 Å². The highest BCUT2D eigenvalue weighted by atomic mass is 35.5. The summed E-state index contributed by atoms with van der Waals surface area (Å²) in [6.07, 6.45) is -13.7. The summed E-state index contributed by atoms with van der Waals surface area (Å²) in [6.45, 7) is 0. The Labute approximate surface area is 713 Å². The van der Waals surface area contributed by atoms with Gasteiger partial charge in [0.25, 0.3) is 0 Å².